The van der Waals surface area contributed by atoms with Gasteiger partial charge in [0.05, 0.1) is 0 Å². The number of carbonyl (C=O) groups is 1. The molecule has 0 saturated heterocycles. The molecule has 0 bridgehead atoms. The number of aryl methyl sites for hydroxylation is 1. The SMILES string of the molecule is Cc1c(C(=O)O)sc2[nH]c(=O)cc(CSc3nnc(NC(C)(C)C)s3)c12. The highest BCUT2D eigenvalue weighted by Crippen LogP contribution is 2.35. The number of rotatable bonds is 5. The Kier molecular flexibility index (Phi) is 5.09. The van der Waals surface area contributed by atoms with Gasteiger partial charge in [0.25, 0.3) is 0 Å². The Morgan fingerprint density at radius 1 is 1.35 bits per heavy atom. The molecular formula is C16H18N4O3S3. The molecule has 3 N–H and O–H groups in total. The zero-order chi connectivity index (χ0) is 19.1. The van der Waals surface area contributed by atoms with E-state index in [0.717, 1.165) is 31.8 Å². The molecule has 0 aliphatic carbocycles. The Hall–Kier alpha value is -1.91. The number of aromatic carboxylic acids is 1. The van der Waals surface area contributed by atoms with Crippen molar-refractivity contribution in [3.8, 4) is 0 Å². The maximum atomic E-state index is 11.9. The minimum absolute atomic E-state index is 0.0959. The van der Waals surface area contributed by atoms with Crippen molar-refractivity contribution in [2.75, 3.05) is 5.32 Å². The molecule has 0 aromatic carbocycles. The van der Waals surface area contributed by atoms with Gasteiger partial charge < -0.3 is 15.4 Å². The Morgan fingerprint density at radius 2 is 2.08 bits per heavy atom. The predicted molar refractivity (Wildman–Crippen MR) is 107 cm³/mol. The lowest BCUT2D eigenvalue weighted by molar-refractivity contribution is 0.0701. The van der Waals surface area contributed by atoms with E-state index >= 15 is 0 Å². The number of nitrogens with zero attached hydrogens (tertiary/aromatic N) is 2. The zero-order valence-electron chi connectivity index (χ0n) is 14.7. The second kappa shape index (κ2) is 7.01. The number of aromatic amines is 1. The van der Waals surface area contributed by atoms with Gasteiger partial charge in [-0.05, 0) is 38.8 Å². The largest absolute Gasteiger partial charge is 0.477 e. The number of carboxylic acid groups (broad SMARTS) is 1. The topological polar surface area (TPSA) is 108 Å². The summed E-state index contributed by atoms with van der Waals surface area (Å²) in [7, 11) is 0. The third-order valence-electron chi connectivity index (χ3n) is 3.44. The van der Waals surface area contributed by atoms with Crippen LogP contribution in [0.1, 0.15) is 41.6 Å². The quantitative estimate of drug-likeness (QED) is 0.547. The first-order valence-electron chi connectivity index (χ1n) is 7.77. The summed E-state index contributed by atoms with van der Waals surface area (Å²) >= 11 is 4.03. The van der Waals surface area contributed by atoms with Crippen LogP contribution in [-0.2, 0) is 5.75 Å². The summed E-state index contributed by atoms with van der Waals surface area (Å²) in [6, 6.07) is 1.52. The fraction of sp³-hybridized carbons (Fsp3) is 0.375. The van der Waals surface area contributed by atoms with Crippen LogP contribution in [0.4, 0.5) is 5.13 Å². The van der Waals surface area contributed by atoms with Crippen LogP contribution in [0, 0.1) is 6.92 Å². The Morgan fingerprint density at radius 3 is 2.73 bits per heavy atom. The number of thiophene rings is 1. The molecule has 0 amide bonds. The lowest BCUT2D eigenvalue weighted by Crippen LogP contribution is -2.25. The summed E-state index contributed by atoms with van der Waals surface area (Å²) in [4.78, 5) is 26.9. The van der Waals surface area contributed by atoms with Crippen LogP contribution in [0.15, 0.2) is 15.2 Å². The molecule has 0 saturated carbocycles. The number of thioether (sulfide) groups is 1. The van der Waals surface area contributed by atoms with Gasteiger partial charge in [-0.3, -0.25) is 4.79 Å². The highest BCUT2D eigenvalue weighted by molar-refractivity contribution is 8.00. The fourth-order valence-corrected chi connectivity index (χ4v) is 5.49. The van der Waals surface area contributed by atoms with E-state index in [1.54, 1.807) is 6.92 Å². The Bertz CT molecular complexity index is 1030. The Balaban J connectivity index is 1.87. The molecule has 0 aliphatic heterocycles. The number of H-pyrrole nitrogens is 1. The normalized spacial score (nSPS) is 11.8. The van der Waals surface area contributed by atoms with Crippen LogP contribution in [0.2, 0.25) is 0 Å². The molecule has 0 spiro atoms. The summed E-state index contributed by atoms with van der Waals surface area (Å²) in [5, 5.41) is 22.4. The molecule has 138 valence electrons. The van der Waals surface area contributed by atoms with Crippen molar-refractivity contribution in [3.63, 3.8) is 0 Å². The van der Waals surface area contributed by atoms with E-state index in [4.69, 9.17) is 0 Å². The first kappa shape index (κ1) is 18.9. The first-order valence-corrected chi connectivity index (χ1v) is 10.4. The van der Waals surface area contributed by atoms with Crippen molar-refractivity contribution in [1.82, 2.24) is 15.2 Å². The number of pyridine rings is 1. The summed E-state index contributed by atoms with van der Waals surface area (Å²) in [5.41, 5.74) is 1.15. The van der Waals surface area contributed by atoms with Gasteiger partial charge >= 0.3 is 5.97 Å². The van der Waals surface area contributed by atoms with E-state index in [-0.39, 0.29) is 16.0 Å². The van der Waals surface area contributed by atoms with Crippen LogP contribution in [0.3, 0.4) is 0 Å². The second-order valence-electron chi connectivity index (χ2n) is 6.76. The maximum Gasteiger partial charge on any atom is 0.346 e. The molecule has 0 unspecified atom stereocenters. The van der Waals surface area contributed by atoms with Crippen molar-refractivity contribution in [2.45, 2.75) is 43.3 Å². The van der Waals surface area contributed by atoms with Gasteiger partial charge in [-0.25, -0.2) is 4.79 Å². The second-order valence-corrected chi connectivity index (χ2v) is 9.98. The summed E-state index contributed by atoms with van der Waals surface area (Å²) in [6.45, 7) is 7.92. The van der Waals surface area contributed by atoms with Crippen LogP contribution in [-0.4, -0.2) is 31.8 Å². The third kappa shape index (κ3) is 4.08. The average Bonchev–Trinajstić information content (AvgIpc) is 3.07. The van der Waals surface area contributed by atoms with Crippen LogP contribution in [0.25, 0.3) is 10.2 Å². The smallest absolute Gasteiger partial charge is 0.346 e. The van der Waals surface area contributed by atoms with E-state index < -0.39 is 5.97 Å². The first-order chi connectivity index (χ1) is 12.1. The van der Waals surface area contributed by atoms with Gasteiger partial charge in [0.2, 0.25) is 10.7 Å². The fourth-order valence-electron chi connectivity index (χ4n) is 2.46. The number of hydrogen-bond donors (Lipinski definition) is 3. The van der Waals surface area contributed by atoms with Crippen LogP contribution >= 0.6 is 34.4 Å². The molecule has 10 heteroatoms. The highest BCUT2D eigenvalue weighted by atomic mass is 32.2. The average molecular weight is 411 g/mol. The Labute approximate surface area is 161 Å². The number of fused-ring (bicyclic) bond motifs is 1. The third-order valence-corrected chi connectivity index (χ3v) is 6.66. The lowest BCUT2D eigenvalue weighted by Gasteiger charge is -2.18. The molecule has 0 atom stereocenters. The monoisotopic (exact) mass is 410 g/mol. The highest BCUT2D eigenvalue weighted by Gasteiger charge is 2.19. The van der Waals surface area contributed by atoms with E-state index in [2.05, 4.69) is 20.5 Å². The number of anilines is 1. The van der Waals surface area contributed by atoms with Crippen molar-refractivity contribution >= 4 is 55.8 Å². The van der Waals surface area contributed by atoms with Crippen molar-refractivity contribution in [1.29, 1.82) is 0 Å². The lowest BCUT2D eigenvalue weighted by atomic mass is 10.1. The van der Waals surface area contributed by atoms with Gasteiger partial charge in [-0.2, -0.15) is 0 Å². The number of carboxylic acids is 1. The minimum Gasteiger partial charge on any atom is -0.477 e. The molecule has 0 radical (unpaired) electrons. The van der Waals surface area contributed by atoms with E-state index in [1.165, 1.54) is 29.2 Å². The van der Waals surface area contributed by atoms with Gasteiger partial charge in [0.1, 0.15) is 9.71 Å². The minimum atomic E-state index is -0.981. The van der Waals surface area contributed by atoms with E-state index in [9.17, 15) is 14.7 Å². The summed E-state index contributed by atoms with van der Waals surface area (Å²) in [6.07, 6.45) is 0. The molecule has 3 heterocycles. The zero-order valence-corrected chi connectivity index (χ0v) is 17.1. The van der Waals surface area contributed by atoms with Gasteiger partial charge in [-0.1, -0.05) is 23.1 Å². The van der Waals surface area contributed by atoms with E-state index in [1.807, 2.05) is 20.8 Å². The molecule has 7 nitrogen and oxygen atoms in total. The molecule has 3 aromatic heterocycles. The molecule has 26 heavy (non-hydrogen) atoms. The van der Waals surface area contributed by atoms with Crippen molar-refractivity contribution < 1.29 is 9.90 Å². The molecular weight excluding hydrogens is 392 g/mol. The number of hydrogen-bond acceptors (Lipinski definition) is 8. The molecule has 3 rings (SSSR count). The molecule has 0 aliphatic rings. The van der Waals surface area contributed by atoms with Gasteiger partial charge in [-0.15, -0.1) is 21.5 Å². The molecule has 3 aromatic rings. The van der Waals surface area contributed by atoms with Crippen molar-refractivity contribution in [2.24, 2.45) is 0 Å². The van der Waals surface area contributed by atoms with Gasteiger partial charge in [0, 0.05) is 22.7 Å². The number of aromatic nitrogens is 3. The summed E-state index contributed by atoms with van der Waals surface area (Å²) < 4.78 is 0.788. The molecule has 0 fully saturated rings. The van der Waals surface area contributed by atoms with Crippen LogP contribution in [0.5, 0.6) is 0 Å². The van der Waals surface area contributed by atoms with E-state index in [0.29, 0.717) is 16.1 Å². The predicted octanol–water partition coefficient (Wildman–Crippen LogP) is 3.95. The maximum absolute atomic E-state index is 11.9. The van der Waals surface area contributed by atoms with Crippen LogP contribution < -0.4 is 10.9 Å². The summed E-state index contributed by atoms with van der Waals surface area (Å²) in [5.74, 6) is -0.466. The van der Waals surface area contributed by atoms with Gasteiger partial charge in [0.15, 0.2) is 4.34 Å². The standard InChI is InChI=1S/C16H18N4O3S3/c1-7-10-8(5-9(21)17-12(10)25-11(7)13(22)23)6-24-15-20-19-14(26-15)18-16(2,3)4/h5H,6H2,1-4H3,(H,17,21)(H,18,19)(H,22,23). The van der Waals surface area contributed by atoms with Crippen molar-refractivity contribution in [3.05, 3.63) is 32.4 Å². The number of nitrogens with one attached hydrogen (secondary N) is 2.